The fourth-order valence-electron chi connectivity index (χ4n) is 1.37. The molecule has 0 rings (SSSR count). The van der Waals surface area contributed by atoms with Crippen LogP contribution in [-0.4, -0.2) is 29.4 Å². The zero-order valence-electron chi connectivity index (χ0n) is 9.72. The highest BCUT2D eigenvalue weighted by Gasteiger charge is 2.52. The van der Waals surface area contributed by atoms with Crippen molar-refractivity contribution in [2.45, 2.75) is 44.4 Å². The smallest absolute Gasteiger partial charge is 0.433 e. The molecule has 0 aliphatic heterocycles. The molecule has 0 fully saturated rings. The highest BCUT2D eigenvalue weighted by atomic mass is 32.3. The van der Waals surface area contributed by atoms with E-state index in [0.717, 1.165) is 0 Å². The van der Waals surface area contributed by atoms with Crippen molar-refractivity contribution in [1.82, 2.24) is 4.31 Å². The Labute approximate surface area is 103 Å². The predicted octanol–water partition coefficient (Wildman–Crippen LogP) is 0.857. The van der Waals surface area contributed by atoms with Crippen molar-refractivity contribution in [1.29, 1.82) is 0 Å². The first kappa shape index (κ1) is 17.0. The van der Waals surface area contributed by atoms with E-state index in [1.807, 2.05) is 0 Å². The summed E-state index contributed by atoms with van der Waals surface area (Å²) in [5, 5.41) is 12.2. The number of halogens is 2. The second kappa shape index (κ2) is 6.25. The number of hydrogen-bond acceptors (Lipinski definition) is 6. The molecule has 0 saturated heterocycles. The Hall–Kier alpha value is -0.0000000000000000694. The van der Waals surface area contributed by atoms with Crippen LogP contribution in [0.1, 0.15) is 27.7 Å². The lowest BCUT2D eigenvalue weighted by molar-refractivity contribution is -0.777. The van der Waals surface area contributed by atoms with E-state index in [0.29, 0.717) is 4.31 Å². The summed E-state index contributed by atoms with van der Waals surface area (Å²) in [5.74, 6) is 0. The third-order valence-electron chi connectivity index (χ3n) is 1.75. The lowest BCUT2D eigenvalue weighted by Gasteiger charge is -2.31. The number of nitrogens with zero attached hydrogens (tertiary/aromatic N) is 1. The first-order chi connectivity index (χ1) is 7.58. The summed E-state index contributed by atoms with van der Waals surface area (Å²) >= 11 is -0.849. The van der Waals surface area contributed by atoms with Crippen LogP contribution in [0.4, 0.5) is 8.78 Å². The van der Waals surface area contributed by atoms with Gasteiger partial charge in [-0.15, -0.1) is 0 Å². The molecule has 0 aromatic heterocycles. The van der Waals surface area contributed by atoms with Crippen molar-refractivity contribution in [3.8, 4) is 0 Å². The van der Waals surface area contributed by atoms with E-state index in [2.05, 4.69) is 9.37 Å². The maximum Gasteiger partial charge on any atom is 0.433 e. The molecule has 0 amide bonds. The Morgan fingerprint density at radius 1 is 1.24 bits per heavy atom. The Morgan fingerprint density at radius 2 is 1.65 bits per heavy atom. The van der Waals surface area contributed by atoms with Crippen LogP contribution in [0.5, 0.6) is 0 Å². The van der Waals surface area contributed by atoms with Gasteiger partial charge in [0.2, 0.25) is 0 Å². The minimum absolute atomic E-state index is 0.633. The summed E-state index contributed by atoms with van der Waals surface area (Å²) < 4.78 is 49.7. The van der Waals surface area contributed by atoms with Crippen molar-refractivity contribution in [2.24, 2.45) is 0 Å². The molecule has 10 heteroatoms. The minimum Gasteiger partial charge on any atom is -0.691 e. The van der Waals surface area contributed by atoms with Crippen LogP contribution in [0.15, 0.2) is 0 Å². The van der Waals surface area contributed by atoms with Gasteiger partial charge in [-0.3, -0.25) is 5.04 Å². The SMILES string of the molecule is CC(C)N(C(C)C)S(=O)(=O)C(F)(F)SOO[O-]. The molecule has 0 unspecified atom stereocenters. The van der Waals surface area contributed by atoms with E-state index in [-0.39, 0.29) is 0 Å². The average Bonchev–Trinajstić information content (AvgIpc) is 2.12. The normalized spacial score (nSPS) is 14.0. The third-order valence-corrected chi connectivity index (χ3v) is 4.91. The Bertz CT molecular complexity index is 325. The quantitative estimate of drug-likeness (QED) is 0.393. The second-order valence-corrected chi connectivity index (χ2v) is 6.66. The first-order valence-electron chi connectivity index (χ1n) is 4.63. The van der Waals surface area contributed by atoms with E-state index in [1.165, 1.54) is 27.7 Å². The van der Waals surface area contributed by atoms with E-state index < -0.39 is 38.7 Å². The van der Waals surface area contributed by atoms with Gasteiger partial charge in [0.05, 0.1) is 0 Å². The monoisotopic (exact) mass is 294 g/mol. The van der Waals surface area contributed by atoms with E-state index in [4.69, 9.17) is 0 Å². The second-order valence-electron chi connectivity index (χ2n) is 3.71. The molecule has 17 heavy (non-hydrogen) atoms. The zero-order valence-corrected chi connectivity index (χ0v) is 11.3. The summed E-state index contributed by atoms with van der Waals surface area (Å²) in [7, 11) is -4.95. The van der Waals surface area contributed by atoms with Crippen LogP contribution < -0.4 is 5.26 Å². The Morgan fingerprint density at radius 3 is 1.94 bits per heavy atom. The maximum atomic E-state index is 13.3. The molecule has 0 saturated carbocycles. The molecule has 0 aliphatic rings. The van der Waals surface area contributed by atoms with E-state index in [9.17, 15) is 22.5 Å². The standard InChI is InChI=1S/C7H15F2NO5S2/c1-5(2)10(6(3)4)17(12,13)7(8,9)16-15-14-11/h5-6,11H,1-4H3/p-1. The summed E-state index contributed by atoms with van der Waals surface area (Å²) in [6.07, 6.45) is 0. The van der Waals surface area contributed by atoms with Crippen molar-refractivity contribution in [3.05, 3.63) is 0 Å². The van der Waals surface area contributed by atoms with Crippen LogP contribution in [-0.2, 0) is 19.4 Å². The highest BCUT2D eigenvalue weighted by molar-refractivity contribution is 8.10. The van der Waals surface area contributed by atoms with Crippen molar-refractivity contribution in [2.75, 3.05) is 0 Å². The van der Waals surface area contributed by atoms with Crippen LogP contribution >= 0.6 is 12.0 Å². The van der Waals surface area contributed by atoms with E-state index >= 15 is 0 Å². The summed E-state index contributed by atoms with van der Waals surface area (Å²) in [6, 6.07) is -1.31. The Balaban J connectivity index is 5.21. The van der Waals surface area contributed by atoms with Gasteiger partial charge in [0.25, 0.3) is 10.0 Å². The third kappa shape index (κ3) is 4.00. The molecule has 0 heterocycles. The Kier molecular flexibility index (Phi) is 6.25. The van der Waals surface area contributed by atoms with Gasteiger partial charge in [-0.2, -0.15) is 17.4 Å². The zero-order chi connectivity index (χ0) is 13.9. The summed E-state index contributed by atoms with van der Waals surface area (Å²) in [5.41, 5.74) is 0. The fourth-order valence-corrected chi connectivity index (χ4v) is 3.52. The van der Waals surface area contributed by atoms with Crippen LogP contribution in [0.25, 0.3) is 0 Å². The molecule has 0 spiro atoms. The van der Waals surface area contributed by atoms with Gasteiger partial charge in [0.1, 0.15) is 12.0 Å². The molecule has 0 aliphatic carbocycles. The first-order valence-corrected chi connectivity index (χ1v) is 6.81. The summed E-state index contributed by atoms with van der Waals surface area (Å²) in [4.78, 5) is 0. The van der Waals surface area contributed by atoms with Gasteiger partial charge in [0, 0.05) is 12.1 Å². The summed E-state index contributed by atoms with van der Waals surface area (Å²) in [6.45, 7) is 5.85. The number of rotatable bonds is 7. The van der Waals surface area contributed by atoms with Gasteiger partial charge in [-0.05, 0) is 27.7 Å². The predicted molar refractivity (Wildman–Crippen MR) is 55.7 cm³/mol. The lowest BCUT2D eigenvalue weighted by atomic mass is 10.3. The van der Waals surface area contributed by atoms with Crippen molar-refractivity contribution < 1.29 is 31.8 Å². The molecule has 104 valence electrons. The minimum atomic E-state index is -4.95. The van der Waals surface area contributed by atoms with Gasteiger partial charge in [0.15, 0.2) is 0 Å². The van der Waals surface area contributed by atoms with Gasteiger partial charge in [-0.1, -0.05) is 0 Å². The van der Waals surface area contributed by atoms with Crippen LogP contribution in [0.3, 0.4) is 0 Å². The van der Waals surface area contributed by atoms with Crippen LogP contribution in [0, 0.1) is 0 Å². The molecule has 0 atom stereocenters. The molecule has 0 bridgehead atoms. The molecule has 0 radical (unpaired) electrons. The number of hydrogen-bond donors (Lipinski definition) is 0. The highest BCUT2D eigenvalue weighted by Crippen LogP contribution is 2.38. The van der Waals surface area contributed by atoms with Gasteiger partial charge < -0.3 is 5.26 Å². The van der Waals surface area contributed by atoms with Crippen molar-refractivity contribution >= 4 is 22.1 Å². The average molecular weight is 294 g/mol. The molecular weight excluding hydrogens is 280 g/mol. The lowest BCUT2D eigenvalue weighted by Crippen LogP contribution is -2.48. The molecule has 6 nitrogen and oxygen atoms in total. The maximum absolute atomic E-state index is 13.3. The molecule has 0 aromatic rings. The van der Waals surface area contributed by atoms with E-state index in [1.54, 1.807) is 0 Å². The van der Waals surface area contributed by atoms with Crippen molar-refractivity contribution in [3.63, 3.8) is 0 Å². The number of alkyl halides is 2. The van der Waals surface area contributed by atoms with Crippen LogP contribution in [0.2, 0.25) is 0 Å². The largest absolute Gasteiger partial charge is 0.691 e. The molecular formula is C7H14F2NO5S2-. The number of sulfonamides is 1. The molecule has 0 N–H and O–H groups in total. The van der Waals surface area contributed by atoms with Gasteiger partial charge >= 0.3 is 4.59 Å². The fraction of sp³-hybridized carbons (Fsp3) is 1.00. The topological polar surface area (TPSA) is 78.9 Å². The van der Waals surface area contributed by atoms with Gasteiger partial charge in [-0.25, -0.2) is 8.42 Å². The molecule has 0 aromatic carbocycles.